The maximum absolute atomic E-state index is 11.2. The van der Waals surface area contributed by atoms with E-state index in [4.69, 9.17) is 16.0 Å². The Morgan fingerprint density at radius 1 is 1.39 bits per heavy atom. The minimum absolute atomic E-state index is 0.0653. The van der Waals surface area contributed by atoms with E-state index in [2.05, 4.69) is 0 Å². The monoisotopic (exact) mass is 273 g/mol. The molecule has 0 unspecified atom stereocenters. The van der Waals surface area contributed by atoms with Crippen LogP contribution in [0, 0.1) is 0 Å². The number of nitrogen functional groups attached to an aromatic ring is 1. The van der Waals surface area contributed by atoms with Gasteiger partial charge in [-0.2, -0.15) is 0 Å². The molecule has 7 heteroatoms. The number of anilines is 2. The standard InChI is InChI=1S/C11H19N3O3S/c1-2-14(6-3-7-15)9-4-5-11(10(12)8-9)18(13,16)17/h4-5,8,15H,2-3,6-7,12H2,1H3,(H2,13,16,17). The number of primary sulfonamides is 1. The fraction of sp³-hybridized carbons (Fsp3) is 0.455. The fourth-order valence-electron chi connectivity index (χ4n) is 1.72. The molecule has 0 saturated heterocycles. The maximum Gasteiger partial charge on any atom is 0.240 e. The number of nitrogens with zero attached hydrogens (tertiary/aromatic N) is 1. The van der Waals surface area contributed by atoms with Gasteiger partial charge in [0.1, 0.15) is 4.90 Å². The molecule has 1 rings (SSSR count). The number of hydrogen-bond acceptors (Lipinski definition) is 5. The topological polar surface area (TPSA) is 110 Å². The quantitative estimate of drug-likeness (QED) is 0.638. The second kappa shape index (κ2) is 6.03. The van der Waals surface area contributed by atoms with E-state index in [1.54, 1.807) is 12.1 Å². The Labute approximate surface area is 107 Å². The Hall–Kier alpha value is -1.31. The van der Waals surface area contributed by atoms with Crippen LogP contribution in [0.5, 0.6) is 0 Å². The van der Waals surface area contributed by atoms with E-state index >= 15 is 0 Å². The van der Waals surface area contributed by atoms with E-state index in [0.717, 1.165) is 12.2 Å². The number of aliphatic hydroxyl groups is 1. The largest absolute Gasteiger partial charge is 0.398 e. The summed E-state index contributed by atoms with van der Waals surface area (Å²) in [6.07, 6.45) is 0.644. The average molecular weight is 273 g/mol. The van der Waals surface area contributed by atoms with Crippen LogP contribution in [0.3, 0.4) is 0 Å². The van der Waals surface area contributed by atoms with Crippen LogP contribution in [-0.2, 0) is 10.0 Å². The number of benzene rings is 1. The second-order valence-corrected chi connectivity index (χ2v) is 5.45. The van der Waals surface area contributed by atoms with Crippen molar-refractivity contribution in [3.8, 4) is 0 Å². The van der Waals surface area contributed by atoms with Gasteiger partial charge in [-0.1, -0.05) is 0 Å². The fourth-order valence-corrected chi connectivity index (χ4v) is 2.37. The van der Waals surface area contributed by atoms with Gasteiger partial charge >= 0.3 is 0 Å². The Bertz CT molecular complexity index is 502. The molecule has 18 heavy (non-hydrogen) atoms. The molecule has 0 fully saturated rings. The molecular formula is C11H19N3O3S. The molecule has 0 heterocycles. The SMILES string of the molecule is CCN(CCCO)c1ccc(S(N)(=O)=O)c(N)c1. The molecule has 1 aromatic carbocycles. The molecule has 0 amide bonds. The van der Waals surface area contributed by atoms with E-state index in [0.29, 0.717) is 13.0 Å². The van der Waals surface area contributed by atoms with Crippen molar-refractivity contribution in [1.82, 2.24) is 0 Å². The zero-order valence-corrected chi connectivity index (χ0v) is 11.2. The summed E-state index contributed by atoms with van der Waals surface area (Å²) in [5.74, 6) is 0. The summed E-state index contributed by atoms with van der Waals surface area (Å²) in [6, 6.07) is 4.65. The Morgan fingerprint density at radius 3 is 2.50 bits per heavy atom. The Kier molecular flexibility index (Phi) is 4.94. The first-order valence-corrected chi connectivity index (χ1v) is 7.23. The minimum Gasteiger partial charge on any atom is -0.398 e. The molecule has 102 valence electrons. The molecule has 0 aliphatic heterocycles. The van der Waals surface area contributed by atoms with Crippen molar-refractivity contribution in [2.75, 3.05) is 30.3 Å². The van der Waals surface area contributed by atoms with Crippen LogP contribution in [0.2, 0.25) is 0 Å². The third kappa shape index (κ3) is 3.59. The van der Waals surface area contributed by atoms with Crippen LogP contribution in [-0.4, -0.2) is 33.2 Å². The van der Waals surface area contributed by atoms with Crippen LogP contribution in [0.4, 0.5) is 11.4 Å². The minimum atomic E-state index is -3.78. The van der Waals surface area contributed by atoms with Crippen LogP contribution >= 0.6 is 0 Å². The summed E-state index contributed by atoms with van der Waals surface area (Å²) in [5.41, 5.74) is 6.65. The summed E-state index contributed by atoms with van der Waals surface area (Å²) in [6.45, 7) is 3.51. The van der Waals surface area contributed by atoms with Crippen LogP contribution in [0.1, 0.15) is 13.3 Å². The van der Waals surface area contributed by atoms with E-state index in [-0.39, 0.29) is 17.2 Å². The third-order valence-corrected chi connectivity index (χ3v) is 3.62. The first-order valence-electron chi connectivity index (χ1n) is 5.68. The van der Waals surface area contributed by atoms with E-state index in [1.165, 1.54) is 6.07 Å². The zero-order valence-electron chi connectivity index (χ0n) is 10.3. The first-order chi connectivity index (χ1) is 8.40. The summed E-state index contributed by atoms with van der Waals surface area (Å²) in [5, 5.41) is 13.9. The lowest BCUT2D eigenvalue weighted by atomic mass is 10.2. The van der Waals surface area contributed by atoms with Crippen molar-refractivity contribution in [3.63, 3.8) is 0 Å². The summed E-state index contributed by atoms with van der Waals surface area (Å²) in [4.78, 5) is 1.93. The lowest BCUT2D eigenvalue weighted by molar-refractivity contribution is 0.289. The van der Waals surface area contributed by atoms with Gasteiger partial charge in [0.25, 0.3) is 0 Å². The molecule has 0 spiro atoms. The zero-order chi connectivity index (χ0) is 13.8. The Morgan fingerprint density at radius 2 is 2.06 bits per heavy atom. The maximum atomic E-state index is 11.2. The molecule has 0 atom stereocenters. The van der Waals surface area contributed by atoms with Crippen molar-refractivity contribution in [2.45, 2.75) is 18.2 Å². The predicted octanol–water partition coefficient (Wildman–Crippen LogP) is 0.125. The lowest BCUT2D eigenvalue weighted by Crippen LogP contribution is -2.25. The molecule has 1 aromatic rings. The van der Waals surface area contributed by atoms with Gasteiger partial charge < -0.3 is 15.7 Å². The molecule has 5 N–H and O–H groups in total. The van der Waals surface area contributed by atoms with Crippen molar-refractivity contribution < 1.29 is 13.5 Å². The van der Waals surface area contributed by atoms with Gasteiger partial charge in [-0.3, -0.25) is 0 Å². The van der Waals surface area contributed by atoms with Gasteiger partial charge in [0.2, 0.25) is 10.0 Å². The molecule has 0 aliphatic carbocycles. The normalized spacial score (nSPS) is 11.5. The van der Waals surface area contributed by atoms with E-state index in [9.17, 15) is 8.42 Å². The molecular weight excluding hydrogens is 254 g/mol. The highest BCUT2D eigenvalue weighted by Gasteiger charge is 2.14. The number of hydrogen-bond donors (Lipinski definition) is 3. The number of rotatable bonds is 6. The highest BCUT2D eigenvalue weighted by atomic mass is 32.2. The smallest absolute Gasteiger partial charge is 0.240 e. The number of aliphatic hydroxyl groups excluding tert-OH is 1. The van der Waals surface area contributed by atoms with Gasteiger partial charge in [0.05, 0.1) is 5.69 Å². The number of nitrogens with two attached hydrogens (primary N) is 2. The van der Waals surface area contributed by atoms with Crippen molar-refractivity contribution >= 4 is 21.4 Å². The van der Waals surface area contributed by atoms with Gasteiger partial charge in [-0.15, -0.1) is 0 Å². The van der Waals surface area contributed by atoms with Crippen molar-refractivity contribution in [2.24, 2.45) is 5.14 Å². The first kappa shape index (κ1) is 14.7. The summed E-state index contributed by atoms with van der Waals surface area (Å²) < 4.78 is 22.5. The molecule has 0 aromatic heterocycles. The Balaban J connectivity index is 3.02. The lowest BCUT2D eigenvalue weighted by Gasteiger charge is -2.23. The average Bonchev–Trinajstić information content (AvgIpc) is 2.28. The highest BCUT2D eigenvalue weighted by molar-refractivity contribution is 7.89. The van der Waals surface area contributed by atoms with Gasteiger partial charge in [0, 0.05) is 25.4 Å². The van der Waals surface area contributed by atoms with E-state index in [1.807, 2.05) is 11.8 Å². The van der Waals surface area contributed by atoms with E-state index < -0.39 is 10.0 Å². The highest BCUT2D eigenvalue weighted by Crippen LogP contribution is 2.24. The molecule has 0 saturated carbocycles. The van der Waals surface area contributed by atoms with Crippen molar-refractivity contribution in [3.05, 3.63) is 18.2 Å². The second-order valence-electron chi connectivity index (χ2n) is 3.92. The van der Waals surface area contributed by atoms with Gasteiger partial charge in [0.15, 0.2) is 0 Å². The molecule has 0 radical (unpaired) electrons. The summed E-state index contributed by atoms with van der Waals surface area (Å²) >= 11 is 0. The molecule has 0 bridgehead atoms. The van der Waals surface area contributed by atoms with Crippen LogP contribution in [0.15, 0.2) is 23.1 Å². The van der Waals surface area contributed by atoms with Gasteiger partial charge in [-0.25, -0.2) is 13.6 Å². The van der Waals surface area contributed by atoms with Crippen molar-refractivity contribution in [1.29, 1.82) is 0 Å². The van der Waals surface area contributed by atoms with Crippen LogP contribution < -0.4 is 15.8 Å². The molecule has 0 aliphatic rings. The third-order valence-electron chi connectivity index (χ3n) is 2.63. The number of sulfonamides is 1. The summed E-state index contributed by atoms with van der Waals surface area (Å²) in [7, 11) is -3.78. The molecule has 6 nitrogen and oxygen atoms in total. The van der Waals surface area contributed by atoms with Crippen LogP contribution in [0.25, 0.3) is 0 Å². The van der Waals surface area contributed by atoms with Gasteiger partial charge in [-0.05, 0) is 31.5 Å². The predicted molar refractivity (Wildman–Crippen MR) is 71.8 cm³/mol.